The molecule has 0 atom stereocenters. The van der Waals surface area contributed by atoms with Gasteiger partial charge in [-0.15, -0.1) is 0 Å². The molecule has 3 rings (SSSR count). The van der Waals surface area contributed by atoms with Crippen molar-refractivity contribution in [3.8, 4) is 0 Å². The third-order valence-electron chi connectivity index (χ3n) is 3.71. The van der Waals surface area contributed by atoms with Gasteiger partial charge in [-0.2, -0.15) is 0 Å². The second kappa shape index (κ2) is 6.27. The molecule has 0 saturated carbocycles. The minimum absolute atomic E-state index is 0.0357. The van der Waals surface area contributed by atoms with E-state index >= 15 is 0 Å². The average molecular weight is 342 g/mol. The number of fused-ring (bicyclic) bond motifs is 1. The van der Waals surface area contributed by atoms with E-state index in [-0.39, 0.29) is 5.91 Å². The van der Waals surface area contributed by atoms with Crippen LogP contribution in [0.1, 0.15) is 27.9 Å². The van der Waals surface area contributed by atoms with Crippen LogP contribution < -0.4 is 5.32 Å². The molecule has 0 heterocycles. The Bertz CT molecular complexity index is 689. The van der Waals surface area contributed by atoms with E-state index < -0.39 is 0 Å². The van der Waals surface area contributed by atoms with Crippen molar-refractivity contribution in [2.24, 2.45) is 0 Å². The van der Waals surface area contributed by atoms with Crippen molar-refractivity contribution in [2.45, 2.75) is 12.8 Å². The number of amides is 1. The van der Waals surface area contributed by atoms with Crippen LogP contribution in [0.15, 0.2) is 59.1 Å². The van der Waals surface area contributed by atoms with Gasteiger partial charge in [-0.25, -0.2) is 0 Å². The molecular formula is C18H16BrNO. The predicted octanol–water partition coefficient (Wildman–Crippen LogP) is 4.21. The number of hydrogen-bond acceptors (Lipinski definition) is 1. The van der Waals surface area contributed by atoms with Crippen LogP contribution in [0.4, 0.5) is 0 Å². The van der Waals surface area contributed by atoms with Crippen LogP contribution >= 0.6 is 15.9 Å². The third-order valence-corrected chi connectivity index (χ3v) is 4.24. The van der Waals surface area contributed by atoms with Crippen LogP contribution in [0, 0.1) is 0 Å². The summed E-state index contributed by atoms with van der Waals surface area (Å²) in [5, 5.41) is 3.01. The number of carbonyl (C=O) groups excluding carboxylic acids is 1. The molecule has 106 valence electrons. The first-order chi connectivity index (χ1) is 10.2. The highest BCUT2D eigenvalue weighted by molar-refractivity contribution is 9.10. The highest BCUT2D eigenvalue weighted by atomic mass is 79.9. The fourth-order valence-corrected chi connectivity index (χ4v) is 2.87. The van der Waals surface area contributed by atoms with Gasteiger partial charge >= 0.3 is 0 Å². The fraction of sp³-hybridized carbons (Fsp3) is 0.167. The van der Waals surface area contributed by atoms with Crippen LogP contribution in [0.5, 0.6) is 0 Å². The van der Waals surface area contributed by atoms with Gasteiger partial charge in [0.15, 0.2) is 0 Å². The SMILES string of the molecule is O=C(NCC1=CCCc2ccccc21)c1ccc(Br)cc1. The molecule has 1 amide bonds. The van der Waals surface area contributed by atoms with Crippen molar-refractivity contribution in [3.63, 3.8) is 0 Å². The van der Waals surface area contributed by atoms with Gasteiger partial charge in [0.2, 0.25) is 0 Å². The molecule has 0 aromatic heterocycles. The Kier molecular flexibility index (Phi) is 4.20. The molecule has 21 heavy (non-hydrogen) atoms. The Morgan fingerprint density at radius 2 is 1.86 bits per heavy atom. The van der Waals surface area contributed by atoms with Crippen molar-refractivity contribution in [1.29, 1.82) is 0 Å². The average Bonchev–Trinajstić information content (AvgIpc) is 2.53. The van der Waals surface area contributed by atoms with Crippen molar-refractivity contribution in [1.82, 2.24) is 5.32 Å². The second-order valence-corrected chi connectivity index (χ2v) is 6.03. The Balaban J connectivity index is 1.69. The maximum Gasteiger partial charge on any atom is 0.251 e. The minimum atomic E-state index is -0.0357. The van der Waals surface area contributed by atoms with E-state index in [9.17, 15) is 4.79 Å². The molecule has 2 aromatic carbocycles. The lowest BCUT2D eigenvalue weighted by atomic mass is 9.91. The van der Waals surface area contributed by atoms with E-state index in [0.717, 1.165) is 17.3 Å². The summed E-state index contributed by atoms with van der Waals surface area (Å²) in [7, 11) is 0. The summed E-state index contributed by atoms with van der Waals surface area (Å²) in [5.74, 6) is -0.0357. The van der Waals surface area contributed by atoms with Gasteiger partial charge < -0.3 is 5.32 Å². The quantitative estimate of drug-likeness (QED) is 0.890. The molecule has 3 heteroatoms. The van der Waals surface area contributed by atoms with Crippen molar-refractivity contribution < 1.29 is 4.79 Å². The number of carbonyl (C=O) groups is 1. The first-order valence-electron chi connectivity index (χ1n) is 7.05. The topological polar surface area (TPSA) is 29.1 Å². The lowest BCUT2D eigenvalue weighted by molar-refractivity contribution is 0.0958. The van der Waals surface area contributed by atoms with Crippen LogP contribution in [0.2, 0.25) is 0 Å². The smallest absolute Gasteiger partial charge is 0.251 e. The third kappa shape index (κ3) is 3.24. The molecule has 0 radical (unpaired) electrons. The van der Waals surface area contributed by atoms with Crippen molar-refractivity contribution >= 4 is 27.4 Å². The number of nitrogens with one attached hydrogen (secondary N) is 1. The van der Waals surface area contributed by atoms with Gasteiger partial charge in [0.1, 0.15) is 0 Å². The maximum absolute atomic E-state index is 12.2. The van der Waals surface area contributed by atoms with E-state index in [1.54, 1.807) is 0 Å². The van der Waals surface area contributed by atoms with Crippen LogP contribution in [-0.4, -0.2) is 12.5 Å². The highest BCUT2D eigenvalue weighted by Crippen LogP contribution is 2.25. The number of allylic oxidation sites excluding steroid dienone is 1. The summed E-state index contributed by atoms with van der Waals surface area (Å²) >= 11 is 3.37. The summed E-state index contributed by atoms with van der Waals surface area (Å²) in [6, 6.07) is 15.8. The number of rotatable bonds is 3. The lowest BCUT2D eigenvalue weighted by Crippen LogP contribution is -2.25. The molecule has 0 unspecified atom stereocenters. The molecule has 0 aliphatic heterocycles. The number of aryl methyl sites for hydroxylation is 1. The summed E-state index contributed by atoms with van der Waals surface area (Å²) in [6.07, 6.45) is 4.35. The zero-order valence-electron chi connectivity index (χ0n) is 11.6. The number of halogens is 1. The highest BCUT2D eigenvalue weighted by Gasteiger charge is 2.13. The van der Waals surface area contributed by atoms with Gasteiger partial charge in [0.05, 0.1) is 0 Å². The maximum atomic E-state index is 12.2. The van der Waals surface area contributed by atoms with Crippen LogP contribution in [0.3, 0.4) is 0 Å². The van der Waals surface area contributed by atoms with Gasteiger partial charge in [-0.3, -0.25) is 4.79 Å². The van der Waals surface area contributed by atoms with E-state index in [4.69, 9.17) is 0 Å². The zero-order valence-corrected chi connectivity index (χ0v) is 13.2. The predicted molar refractivity (Wildman–Crippen MR) is 89.2 cm³/mol. The molecule has 1 aliphatic carbocycles. The molecule has 0 bridgehead atoms. The van der Waals surface area contributed by atoms with E-state index in [1.165, 1.54) is 16.7 Å². The van der Waals surface area contributed by atoms with Crippen LogP contribution in [-0.2, 0) is 6.42 Å². The molecule has 2 aromatic rings. The normalized spacial score (nSPS) is 13.3. The Labute approximate surface area is 133 Å². The molecular weight excluding hydrogens is 326 g/mol. The Hall–Kier alpha value is -1.87. The van der Waals surface area contributed by atoms with Crippen LogP contribution in [0.25, 0.3) is 5.57 Å². The number of hydrogen-bond donors (Lipinski definition) is 1. The molecule has 0 saturated heterocycles. The van der Waals surface area contributed by atoms with E-state index in [1.807, 2.05) is 24.3 Å². The molecule has 1 aliphatic rings. The van der Waals surface area contributed by atoms with E-state index in [0.29, 0.717) is 12.1 Å². The Morgan fingerprint density at radius 3 is 2.67 bits per heavy atom. The summed E-state index contributed by atoms with van der Waals surface area (Å²) in [4.78, 5) is 12.2. The standard InChI is InChI=1S/C18H16BrNO/c19-16-10-8-14(9-11-16)18(21)20-12-15-6-3-5-13-4-1-2-7-17(13)15/h1-2,4,6-11H,3,5,12H2,(H,20,21). The lowest BCUT2D eigenvalue weighted by Gasteiger charge is -2.18. The number of benzene rings is 2. The first kappa shape index (κ1) is 14.1. The second-order valence-electron chi connectivity index (χ2n) is 5.11. The monoisotopic (exact) mass is 341 g/mol. The first-order valence-corrected chi connectivity index (χ1v) is 7.84. The molecule has 2 nitrogen and oxygen atoms in total. The largest absolute Gasteiger partial charge is 0.348 e. The van der Waals surface area contributed by atoms with Gasteiger partial charge in [0.25, 0.3) is 5.91 Å². The van der Waals surface area contributed by atoms with Gasteiger partial charge in [-0.05, 0) is 53.8 Å². The van der Waals surface area contributed by atoms with Gasteiger partial charge in [0, 0.05) is 16.6 Å². The van der Waals surface area contributed by atoms with E-state index in [2.05, 4.69) is 51.6 Å². The zero-order chi connectivity index (χ0) is 14.7. The fourth-order valence-electron chi connectivity index (χ4n) is 2.61. The summed E-state index contributed by atoms with van der Waals surface area (Å²) in [5.41, 5.74) is 4.53. The minimum Gasteiger partial charge on any atom is -0.348 e. The van der Waals surface area contributed by atoms with Gasteiger partial charge in [-0.1, -0.05) is 46.3 Å². The molecule has 0 spiro atoms. The molecule has 1 N–H and O–H groups in total. The molecule has 0 fully saturated rings. The van der Waals surface area contributed by atoms with Crippen molar-refractivity contribution in [3.05, 3.63) is 75.8 Å². The summed E-state index contributed by atoms with van der Waals surface area (Å²) in [6.45, 7) is 0.575. The van der Waals surface area contributed by atoms with Crippen molar-refractivity contribution in [2.75, 3.05) is 6.54 Å². The summed E-state index contributed by atoms with van der Waals surface area (Å²) < 4.78 is 0.975. The Morgan fingerprint density at radius 1 is 1.10 bits per heavy atom.